The summed E-state index contributed by atoms with van der Waals surface area (Å²) in [6.07, 6.45) is 0. The molecule has 0 saturated carbocycles. The van der Waals surface area contributed by atoms with E-state index in [2.05, 4.69) is 0 Å². The number of thiophene rings is 1. The second-order valence-electron chi connectivity index (χ2n) is 2.96. The molecule has 0 aliphatic heterocycles. The van der Waals surface area contributed by atoms with Crippen LogP contribution in [0.15, 0.2) is 17.5 Å². The number of hydrogen-bond donors (Lipinski definition) is 1. The van der Waals surface area contributed by atoms with Gasteiger partial charge in [0.05, 0.1) is 11.8 Å². The van der Waals surface area contributed by atoms with Crippen LogP contribution in [0.3, 0.4) is 0 Å². The van der Waals surface area contributed by atoms with Crippen LogP contribution >= 0.6 is 22.9 Å². The van der Waals surface area contributed by atoms with E-state index in [4.69, 9.17) is 22.1 Å². The normalized spacial score (nSPS) is 10.7. The number of hydrogen-bond acceptors (Lipinski definition) is 3. The average molecular weight is 228 g/mol. The number of benzene rings is 1. The van der Waals surface area contributed by atoms with Crippen LogP contribution in [0.5, 0.6) is 5.75 Å². The molecule has 14 heavy (non-hydrogen) atoms. The van der Waals surface area contributed by atoms with Gasteiger partial charge in [-0.2, -0.15) is 0 Å². The smallest absolute Gasteiger partial charge is 0.137 e. The van der Waals surface area contributed by atoms with Crippen molar-refractivity contribution in [2.45, 2.75) is 5.88 Å². The van der Waals surface area contributed by atoms with Crippen molar-refractivity contribution >= 4 is 38.7 Å². The number of rotatable bonds is 2. The second kappa shape index (κ2) is 3.67. The van der Waals surface area contributed by atoms with Crippen molar-refractivity contribution in [3.8, 4) is 5.75 Å². The summed E-state index contributed by atoms with van der Waals surface area (Å²) < 4.78 is 6.32. The van der Waals surface area contributed by atoms with Crippen LogP contribution in [0.1, 0.15) is 5.56 Å². The highest BCUT2D eigenvalue weighted by atomic mass is 35.5. The van der Waals surface area contributed by atoms with E-state index in [9.17, 15) is 0 Å². The highest BCUT2D eigenvalue weighted by Gasteiger charge is 2.10. The summed E-state index contributed by atoms with van der Waals surface area (Å²) in [6.45, 7) is 0. The third-order valence-electron chi connectivity index (χ3n) is 2.17. The molecule has 74 valence electrons. The lowest BCUT2D eigenvalue weighted by Crippen LogP contribution is -1.89. The Balaban J connectivity index is 2.82. The zero-order valence-electron chi connectivity index (χ0n) is 7.71. The van der Waals surface area contributed by atoms with Gasteiger partial charge in [0.15, 0.2) is 0 Å². The molecule has 1 heterocycles. The van der Waals surface area contributed by atoms with Crippen molar-refractivity contribution in [1.82, 2.24) is 0 Å². The quantitative estimate of drug-likeness (QED) is 0.632. The molecule has 0 aliphatic rings. The highest BCUT2D eigenvalue weighted by molar-refractivity contribution is 7.18. The molecule has 2 aromatic rings. The number of ether oxygens (including phenoxy) is 1. The third kappa shape index (κ3) is 1.33. The van der Waals surface area contributed by atoms with Gasteiger partial charge in [-0.05, 0) is 11.6 Å². The predicted molar refractivity (Wildman–Crippen MR) is 62.3 cm³/mol. The molecule has 0 saturated heterocycles. The van der Waals surface area contributed by atoms with E-state index in [-0.39, 0.29) is 0 Å². The maximum Gasteiger partial charge on any atom is 0.137 e. The highest BCUT2D eigenvalue weighted by Crippen LogP contribution is 2.38. The monoisotopic (exact) mass is 227 g/mol. The minimum absolute atomic E-state index is 0.476. The van der Waals surface area contributed by atoms with E-state index in [1.807, 2.05) is 17.5 Å². The summed E-state index contributed by atoms with van der Waals surface area (Å²) in [5.74, 6) is 1.33. The molecule has 0 aliphatic carbocycles. The first-order chi connectivity index (χ1) is 6.77. The molecule has 2 N–H and O–H groups in total. The minimum Gasteiger partial charge on any atom is -0.495 e. The molecule has 0 amide bonds. The van der Waals surface area contributed by atoms with Gasteiger partial charge in [0.25, 0.3) is 0 Å². The Morgan fingerprint density at radius 3 is 2.93 bits per heavy atom. The predicted octanol–water partition coefficient (Wildman–Crippen LogP) is 3.23. The zero-order valence-corrected chi connectivity index (χ0v) is 9.28. The number of anilines is 1. The van der Waals surface area contributed by atoms with Crippen molar-refractivity contribution in [2.24, 2.45) is 0 Å². The lowest BCUT2D eigenvalue weighted by atomic mass is 10.1. The van der Waals surface area contributed by atoms with Crippen LogP contribution in [0.4, 0.5) is 5.69 Å². The molecular weight excluding hydrogens is 218 g/mol. The average Bonchev–Trinajstić information content (AvgIpc) is 2.63. The molecule has 0 bridgehead atoms. The third-order valence-corrected chi connectivity index (χ3v) is 3.46. The Morgan fingerprint density at radius 1 is 1.50 bits per heavy atom. The summed E-state index contributed by atoms with van der Waals surface area (Å²) >= 11 is 7.44. The van der Waals surface area contributed by atoms with Gasteiger partial charge < -0.3 is 10.5 Å². The number of fused-ring (bicyclic) bond motifs is 1. The van der Waals surface area contributed by atoms with Crippen molar-refractivity contribution in [2.75, 3.05) is 12.8 Å². The summed E-state index contributed by atoms with van der Waals surface area (Å²) in [5.41, 5.74) is 7.70. The Bertz CT molecular complexity index is 466. The molecule has 2 rings (SSSR count). The Labute approximate surface area is 91.2 Å². The van der Waals surface area contributed by atoms with Crippen molar-refractivity contribution < 1.29 is 4.74 Å². The SMILES string of the molecule is COc1csc2c(N)ccc(CCl)c12. The van der Waals surface area contributed by atoms with Gasteiger partial charge in [-0.25, -0.2) is 0 Å². The summed E-state index contributed by atoms with van der Waals surface area (Å²) in [6, 6.07) is 3.83. The number of alkyl halides is 1. The van der Waals surface area contributed by atoms with Crippen molar-refractivity contribution in [3.63, 3.8) is 0 Å². The molecule has 0 unspecified atom stereocenters. The van der Waals surface area contributed by atoms with E-state index in [0.717, 1.165) is 27.1 Å². The number of nitrogens with two attached hydrogens (primary N) is 1. The second-order valence-corrected chi connectivity index (χ2v) is 4.10. The molecule has 0 spiro atoms. The van der Waals surface area contributed by atoms with Gasteiger partial charge in [0, 0.05) is 22.3 Å². The minimum atomic E-state index is 0.476. The molecular formula is C10H10ClNOS. The first-order valence-corrected chi connectivity index (χ1v) is 5.58. The summed E-state index contributed by atoms with van der Waals surface area (Å²) in [5, 5.41) is 3.00. The van der Waals surface area contributed by atoms with Gasteiger partial charge in [-0.1, -0.05) is 6.07 Å². The maximum absolute atomic E-state index is 5.86. The largest absolute Gasteiger partial charge is 0.495 e. The van der Waals surface area contributed by atoms with Gasteiger partial charge in [0.1, 0.15) is 5.75 Å². The van der Waals surface area contributed by atoms with Crippen LogP contribution < -0.4 is 10.5 Å². The van der Waals surface area contributed by atoms with E-state index in [1.54, 1.807) is 18.4 Å². The van der Waals surface area contributed by atoms with Gasteiger partial charge in [-0.3, -0.25) is 0 Å². The maximum atomic E-state index is 5.86. The molecule has 0 atom stereocenters. The van der Waals surface area contributed by atoms with E-state index < -0.39 is 0 Å². The standard InChI is InChI=1S/C10H10ClNOS/c1-13-8-5-14-10-7(12)3-2-6(4-11)9(8)10/h2-3,5H,4,12H2,1H3. The molecule has 1 aromatic heterocycles. The van der Waals surface area contributed by atoms with Gasteiger partial charge in [0.2, 0.25) is 0 Å². The lowest BCUT2D eigenvalue weighted by molar-refractivity contribution is 0.421. The fourth-order valence-electron chi connectivity index (χ4n) is 1.47. The number of halogens is 1. The fourth-order valence-corrected chi connectivity index (χ4v) is 2.68. The fraction of sp³-hybridized carbons (Fsp3) is 0.200. The zero-order chi connectivity index (χ0) is 10.1. The molecule has 1 aromatic carbocycles. The topological polar surface area (TPSA) is 35.2 Å². The first kappa shape index (κ1) is 9.62. The lowest BCUT2D eigenvalue weighted by Gasteiger charge is -2.03. The molecule has 0 fully saturated rings. The molecule has 2 nitrogen and oxygen atoms in total. The van der Waals surface area contributed by atoms with Crippen molar-refractivity contribution in [1.29, 1.82) is 0 Å². The Morgan fingerprint density at radius 2 is 2.29 bits per heavy atom. The van der Waals surface area contributed by atoms with Crippen molar-refractivity contribution in [3.05, 3.63) is 23.1 Å². The number of nitrogen functional groups attached to an aromatic ring is 1. The van der Waals surface area contributed by atoms with Gasteiger partial charge >= 0.3 is 0 Å². The summed E-state index contributed by atoms with van der Waals surface area (Å²) in [4.78, 5) is 0. The van der Waals surface area contributed by atoms with Gasteiger partial charge in [-0.15, -0.1) is 22.9 Å². The number of methoxy groups -OCH3 is 1. The van der Waals surface area contributed by atoms with E-state index in [0.29, 0.717) is 5.88 Å². The summed E-state index contributed by atoms with van der Waals surface area (Å²) in [7, 11) is 1.66. The van der Waals surface area contributed by atoms with Crippen LogP contribution in [-0.4, -0.2) is 7.11 Å². The molecule has 0 radical (unpaired) electrons. The van der Waals surface area contributed by atoms with E-state index >= 15 is 0 Å². The van der Waals surface area contributed by atoms with E-state index in [1.165, 1.54) is 0 Å². The van der Waals surface area contributed by atoms with Crippen LogP contribution in [0, 0.1) is 0 Å². The van der Waals surface area contributed by atoms with Crippen LogP contribution in [-0.2, 0) is 5.88 Å². The molecule has 4 heteroatoms. The van der Waals surface area contributed by atoms with Crippen LogP contribution in [0.2, 0.25) is 0 Å². The van der Waals surface area contributed by atoms with Crippen LogP contribution in [0.25, 0.3) is 10.1 Å². The Kier molecular flexibility index (Phi) is 2.52. The Hall–Kier alpha value is -0.930. The first-order valence-electron chi connectivity index (χ1n) is 4.16.